The molecule has 0 aliphatic rings. The minimum atomic E-state index is -2.04. The van der Waals surface area contributed by atoms with Gasteiger partial charge in [-0.05, 0) is 32.6 Å². The molecular weight excluding hydrogens is 212 g/mol. The van der Waals surface area contributed by atoms with Gasteiger partial charge in [0, 0.05) is 6.61 Å². The van der Waals surface area contributed by atoms with Crippen molar-refractivity contribution in [2.75, 3.05) is 12.8 Å². The smallest absolute Gasteiger partial charge is 0.335 e. The van der Waals surface area contributed by atoms with Gasteiger partial charge in [-0.3, -0.25) is 0 Å². The fourth-order valence-corrected chi connectivity index (χ4v) is 5.24. The third-order valence-electron chi connectivity index (χ3n) is 2.18. The van der Waals surface area contributed by atoms with Crippen molar-refractivity contribution in [3.05, 3.63) is 0 Å². The van der Waals surface area contributed by atoms with Crippen LogP contribution in [0.3, 0.4) is 0 Å². The molecule has 4 nitrogen and oxygen atoms in total. The van der Waals surface area contributed by atoms with E-state index in [2.05, 4.69) is 13.5 Å². The van der Waals surface area contributed by atoms with Crippen LogP contribution in [0.5, 0.6) is 0 Å². The largest absolute Gasteiger partial charge is 0.395 e. The molecule has 0 fully saturated rings. The Hall–Kier alpha value is 0.274. The van der Waals surface area contributed by atoms with Gasteiger partial charge in [0.1, 0.15) is 0 Å². The van der Waals surface area contributed by atoms with Crippen molar-refractivity contribution in [2.45, 2.75) is 38.7 Å². The highest BCUT2D eigenvalue weighted by molar-refractivity contribution is 6.66. The van der Waals surface area contributed by atoms with E-state index in [0.717, 1.165) is 6.04 Å². The average molecular weight is 236 g/mol. The SMILES string of the molecule is CCO[Si](C)(CC)OC(C)(N)[SiH2]CN. The Morgan fingerprint density at radius 3 is 2.36 bits per heavy atom. The van der Waals surface area contributed by atoms with Gasteiger partial charge in [-0.2, -0.15) is 0 Å². The van der Waals surface area contributed by atoms with Crippen LogP contribution in [0.15, 0.2) is 0 Å². The lowest BCUT2D eigenvalue weighted by Gasteiger charge is -2.35. The normalized spacial score (nSPS) is 21.0. The predicted molar refractivity (Wildman–Crippen MR) is 65.0 cm³/mol. The molecule has 0 aliphatic carbocycles. The number of rotatable bonds is 7. The molecule has 0 amide bonds. The molecule has 2 atom stereocenters. The maximum atomic E-state index is 6.03. The van der Waals surface area contributed by atoms with Crippen LogP contribution < -0.4 is 11.5 Å². The van der Waals surface area contributed by atoms with E-state index < -0.39 is 23.4 Å². The van der Waals surface area contributed by atoms with Gasteiger partial charge < -0.3 is 20.3 Å². The van der Waals surface area contributed by atoms with Gasteiger partial charge in [0.15, 0.2) is 0 Å². The van der Waals surface area contributed by atoms with Crippen molar-refractivity contribution in [3.8, 4) is 0 Å². The second-order valence-corrected chi connectivity index (χ2v) is 9.82. The van der Waals surface area contributed by atoms with E-state index in [1.807, 2.05) is 13.8 Å². The molecule has 14 heavy (non-hydrogen) atoms. The van der Waals surface area contributed by atoms with Crippen LogP contribution in [0.25, 0.3) is 0 Å². The second-order valence-electron chi connectivity index (χ2n) is 3.87. The summed E-state index contributed by atoms with van der Waals surface area (Å²) in [6.07, 6.45) is 0.674. The molecule has 0 heterocycles. The van der Waals surface area contributed by atoms with Gasteiger partial charge >= 0.3 is 8.56 Å². The Morgan fingerprint density at radius 1 is 1.43 bits per heavy atom. The number of hydrogen-bond donors (Lipinski definition) is 2. The first-order valence-electron chi connectivity index (χ1n) is 5.22. The molecule has 0 spiro atoms. The molecule has 0 saturated carbocycles. The maximum Gasteiger partial charge on any atom is 0.335 e. The van der Waals surface area contributed by atoms with E-state index in [1.165, 1.54) is 0 Å². The van der Waals surface area contributed by atoms with Crippen LogP contribution in [0.1, 0.15) is 20.8 Å². The molecule has 2 unspecified atom stereocenters. The van der Waals surface area contributed by atoms with Crippen molar-refractivity contribution >= 4 is 18.1 Å². The predicted octanol–water partition coefficient (Wildman–Crippen LogP) is -0.151. The van der Waals surface area contributed by atoms with Gasteiger partial charge in [0.05, 0.1) is 14.9 Å². The monoisotopic (exact) mass is 236 g/mol. The highest BCUT2D eigenvalue weighted by atomic mass is 28.4. The minimum absolute atomic E-state index is 0.513. The summed E-state index contributed by atoms with van der Waals surface area (Å²) < 4.78 is 11.6. The van der Waals surface area contributed by atoms with Crippen LogP contribution in [0.2, 0.25) is 12.6 Å². The van der Waals surface area contributed by atoms with Gasteiger partial charge in [0.2, 0.25) is 0 Å². The van der Waals surface area contributed by atoms with Crippen LogP contribution in [-0.4, -0.2) is 36.2 Å². The van der Waals surface area contributed by atoms with Crippen molar-refractivity contribution in [1.29, 1.82) is 0 Å². The van der Waals surface area contributed by atoms with Gasteiger partial charge in [-0.15, -0.1) is 0 Å². The topological polar surface area (TPSA) is 70.5 Å². The lowest BCUT2D eigenvalue weighted by atomic mass is 10.7. The average Bonchev–Trinajstić information content (AvgIpc) is 2.03. The van der Waals surface area contributed by atoms with E-state index >= 15 is 0 Å². The molecular formula is C8H24N2O2Si2. The summed E-state index contributed by atoms with van der Waals surface area (Å²) >= 11 is 0. The van der Waals surface area contributed by atoms with E-state index in [4.69, 9.17) is 20.3 Å². The first-order valence-corrected chi connectivity index (χ1v) is 9.45. The molecule has 0 aromatic rings. The summed E-state index contributed by atoms with van der Waals surface area (Å²) in [5, 5.41) is -0.513. The standard InChI is InChI=1S/C8H24N2O2Si2/c1-5-11-14(4,6-2)12-8(3,10)13-7-9/h5-7,9-10,13H2,1-4H3. The molecule has 0 radical (unpaired) electrons. The number of hydrogen-bond acceptors (Lipinski definition) is 4. The van der Waals surface area contributed by atoms with E-state index in [0.29, 0.717) is 12.8 Å². The second kappa shape index (κ2) is 5.99. The Labute approximate surface area is 90.4 Å². The summed E-state index contributed by atoms with van der Waals surface area (Å²) in [6.45, 7) is 8.75. The fraction of sp³-hybridized carbons (Fsp3) is 1.00. The van der Waals surface area contributed by atoms with Gasteiger partial charge in [0.25, 0.3) is 0 Å². The van der Waals surface area contributed by atoms with Crippen molar-refractivity contribution in [3.63, 3.8) is 0 Å². The zero-order chi connectivity index (χ0) is 11.2. The Balaban J connectivity index is 4.28. The molecule has 0 aliphatic heterocycles. The van der Waals surface area contributed by atoms with E-state index in [-0.39, 0.29) is 0 Å². The molecule has 0 bridgehead atoms. The van der Waals surface area contributed by atoms with Crippen molar-refractivity contribution in [1.82, 2.24) is 0 Å². The van der Waals surface area contributed by atoms with Gasteiger partial charge in [-0.1, -0.05) is 6.92 Å². The van der Waals surface area contributed by atoms with Gasteiger partial charge in [-0.25, -0.2) is 0 Å². The highest BCUT2D eigenvalue weighted by Crippen LogP contribution is 2.17. The fourth-order valence-electron chi connectivity index (χ4n) is 1.34. The lowest BCUT2D eigenvalue weighted by molar-refractivity contribution is 0.104. The Morgan fingerprint density at radius 2 is 2.00 bits per heavy atom. The Kier molecular flexibility index (Phi) is 6.11. The lowest BCUT2D eigenvalue weighted by Crippen LogP contribution is -2.56. The minimum Gasteiger partial charge on any atom is -0.395 e. The zero-order valence-electron chi connectivity index (χ0n) is 9.80. The third-order valence-corrected chi connectivity index (χ3v) is 6.98. The van der Waals surface area contributed by atoms with Crippen molar-refractivity contribution in [2.24, 2.45) is 11.5 Å². The van der Waals surface area contributed by atoms with Crippen LogP contribution >= 0.6 is 0 Å². The summed E-state index contributed by atoms with van der Waals surface area (Å²) in [4.78, 5) is 0. The molecule has 0 rings (SSSR count). The van der Waals surface area contributed by atoms with Crippen LogP contribution in [0, 0.1) is 0 Å². The molecule has 0 aromatic carbocycles. The van der Waals surface area contributed by atoms with Crippen LogP contribution in [0.4, 0.5) is 0 Å². The quantitative estimate of drug-likeness (QED) is 0.476. The molecule has 86 valence electrons. The third kappa shape index (κ3) is 5.23. The maximum absolute atomic E-state index is 6.03. The Bertz CT molecular complexity index is 169. The van der Waals surface area contributed by atoms with Crippen molar-refractivity contribution < 1.29 is 8.85 Å². The summed E-state index contributed by atoms with van der Waals surface area (Å²) in [5.74, 6) is 0. The highest BCUT2D eigenvalue weighted by Gasteiger charge is 2.35. The molecule has 6 heteroatoms. The van der Waals surface area contributed by atoms with E-state index in [9.17, 15) is 0 Å². The molecule has 4 N–H and O–H groups in total. The molecule has 0 aromatic heterocycles. The summed E-state index contributed by atoms with van der Waals surface area (Å²) in [6, 6.07) is 0.923. The zero-order valence-corrected chi connectivity index (χ0v) is 12.2. The van der Waals surface area contributed by atoms with Crippen LogP contribution in [-0.2, 0) is 8.85 Å². The first-order chi connectivity index (χ1) is 6.39. The van der Waals surface area contributed by atoms with E-state index in [1.54, 1.807) is 0 Å². The summed E-state index contributed by atoms with van der Waals surface area (Å²) in [5.41, 5.74) is 11.6. The first kappa shape index (κ1) is 14.3. The molecule has 0 saturated heterocycles. The number of nitrogens with two attached hydrogens (primary N) is 2. The summed E-state index contributed by atoms with van der Waals surface area (Å²) in [7, 11) is -2.61.